The second kappa shape index (κ2) is 11.4. The maximum atomic E-state index is 12.9. The summed E-state index contributed by atoms with van der Waals surface area (Å²) in [6, 6.07) is 28.8. The van der Waals surface area contributed by atoms with Crippen LogP contribution >= 0.6 is 0 Å². The molecule has 3 amide bonds. The lowest BCUT2D eigenvalue weighted by Crippen LogP contribution is -2.27. The van der Waals surface area contributed by atoms with Gasteiger partial charge in [0.05, 0.1) is 11.0 Å². The van der Waals surface area contributed by atoms with Gasteiger partial charge in [0.25, 0.3) is 0 Å². The summed E-state index contributed by atoms with van der Waals surface area (Å²) in [5.74, 6) is 1.55. The van der Waals surface area contributed by atoms with Gasteiger partial charge in [-0.2, -0.15) is 0 Å². The molecule has 44 heavy (non-hydrogen) atoms. The fourth-order valence-corrected chi connectivity index (χ4v) is 5.66. The van der Waals surface area contributed by atoms with Crippen LogP contribution in [0.4, 0.5) is 21.2 Å². The van der Waals surface area contributed by atoms with Crippen LogP contribution < -0.4 is 20.7 Å². The van der Waals surface area contributed by atoms with Gasteiger partial charge in [-0.1, -0.05) is 60.7 Å². The summed E-state index contributed by atoms with van der Waals surface area (Å²) in [7, 11) is 1.82. The molecule has 0 atom stereocenters. The third kappa shape index (κ3) is 5.38. The van der Waals surface area contributed by atoms with E-state index in [1.807, 2.05) is 67.7 Å². The third-order valence-corrected chi connectivity index (χ3v) is 7.80. The Morgan fingerprint density at radius 3 is 2.27 bits per heavy atom. The lowest BCUT2D eigenvalue weighted by Gasteiger charge is -2.14. The van der Waals surface area contributed by atoms with E-state index in [0.29, 0.717) is 35.1 Å². The fraction of sp³-hybridized carbons (Fsp3) is 0.114. The van der Waals surface area contributed by atoms with E-state index in [-0.39, 0.29) is 18.6 Å². The van der Waals surface area contributed by atoms with Crippen LogP contribution in [0.3, 0.4) is 0 Å². The predicted molar refractivity (Wildman–Crippen MR) is 170 cm³/mol. The normalized spacial score (nSPS) is 13.2. The van der Waals surface area contributed by atoms with Gasteiger partial charge in [0.1, 0.15) is 18.1 Å². The van der Waals surface area contributed by atoms with Crippen molar-refractivity contribution in [3.8, 4) is 22.6 Å². The largest absolute Gasteiger partial charge is 0.457 e. The first kappa shape index (κ1) is 27.0. The number of urea groups is 1. The summed E-state index contributed by atoms with van der Waals surface area (Å²) in [5, 5.41) is 8.42. The van der Waals surface area contributed by atoms with Crippen molar-refractivity contribution in [2.45, 2.75) is 12.3 Å². The van der Waals surface area contributed by atoms with Crippen molar-refractivity contribution < 1.29 is 19.1 Å². The zero-order valence-electron chi connectivity index (χ0n) is 23.9. The minimum atomic E-state index is -0.569. The van der Waals surface area contributed by atoms with Crippen LogP contribution in [0.2, 0.25) is 0 Å². The standard InChI is InChI=1S/C35H29N5O4/c1-40-32-20-25(44-24-16-14-23(15-17-24)37-34(41)36-22-8-2-3-9-22)18-19-31(32)38-33(40)39-35(42)43-21-30-28-12-6-4-10-26(28)27-11-5-7-13-29(27)30/h2-8,10-20,30H,9,21H2,1H3,(H2,36,37,41)(H,38,39,42). The number of carbonyl (C=O) groups excluding carboxylic acids is 2. The van der Waals surface area contributed by atoms with E-state index in [0.717, 1.165) is 22.3 Å². The zero-order valence-corrected chi connectivity index (χ0v) is 23.9. The molecule has 5 aromatic rings. The van der Waals surface area contributed by atoms with Crippen LogP contribution in [0, 0.1) is 0 Å². The Bertz CT molecular complexity index is 1910. The summed E-state index contributed by atoms with van der Waals surface area (Å²) in [4.78, 5) is 29.6. The minimum Gasteiger partial charge on any atom is -0.457 e. The number of hydrogen-bond acceptors (Lipinski definition) is 5. The third-order valence-electron chi connectivity index (χ3n) is 7.80. The number of imidazole rings is 1. The van der Waals surface area contributed by atoms with E-state index in [1.54, 1.807) is 28.8 Å². The van der Waals surface area contributed by atoms with E-state index in [4.69, 9.17) is 9.47 Å². The molecule has 1 aromatic heterocycles. The second-order valence-electron chi connectivity index (χ2n) is 10.6. The van der Waals surface area contributed by atoms with E-state index in [2.05, 4.69) is 45.2 Å². The van der Waals surface area contributed by atoms with Crippen molar-refractivity contribution >= 4 is 34.8 Å². The van der Waals surface area contributed by atoms with Crippen LogP contribution in [0.15, 0.2) is 115 Å². The summed E-state index contributed by atoms with van der Waals surface area (Å²) < 4.78 is 13.5. The highest BCUT2D eigenvalue weighted by atomic mass is 16.5. The minimum absolute atomic E-state index is 0.0255. The molecule has 0 saturated heterocycles. The SMILES string of the molecule is Cn1c(NC(=O)OCC2c3ccccc3-c3ccccc32)nc2ccc(Oc3ccc(NC(=O)NC4=CC=CC4)cc3)cc21. The fourth-order valence-electron chi connectivity index (χ4n) is 5.66. The molecule has 7 rings (SSSR count). The Morgan fingerprint density at radius 2 is 1.57 bits per heavy atom. The van der Waals surface area contributed by atoms with Crippen molar-refractivity contribution in [3.05, 3.63) is 126 Å². The van der Waals surface area contributed by atoms with Gasteiger partial charge >= 0.3 is 12.1 Å². The monoisotopic (exact) mass is 583 g/mol. The highest BCUT2D eigenvalue weighted by Crippen LogP contribution is 2.44. The topological polar surface area (TPSA) is 107 Å². The molecule has 0 fully saturated rings. The van der Waals surface area contributed by atoms with Crippen LogP contribution in [-0.2, 0) is 11.8 Å². The van der Waals surface area contributed by atoms with Gasteiger partial charge < -0.3 is 24.7 Å². The summed E-state index contributed by atoms with van der Waals surface area (Å²) >= 11 is 0. The number of nitrogens with one attached hydrogen (secondary N) is 3. The average molecular weight is 584 g/mol. The van der Waals surface area contributed by atoms with Crippen molar-refractivity contribution in [2.75, 3.05) is 17.2 Å². The molecule has 0 radical (unpaired) electrons. The smallest absolute Gasteiger partial charge is 0.414 e. The molecule has 1 heterocycles. The molecular formula is C35H29N5O4. The number of carbonyl (C=O) groups is 2. The van der Waals surface area contributed by atoms with Gasteiger partial charge in [0.2, 0.25) is 5.95 Å². The summed E-state index contributed by atoms with van der Waals surface area (Å²) in [6.45, 7) is 0.219. The number of benzene rings is 4. The first-order valence-corrected chi connectivity index (χ1v) is 14.3. The van der Waals surface area contributed by atoms with Gasteiger partial charge in [-0.15, -0.1) is 0 Å². The molecule has 0 spiro atoms. The van der Waals surface area contributed by atoms with E-state index in [1.165, 1.54) is 11.1 Å². The first-order valence-electron chi connectivity index (χ1n) is 14.3. The van der Waals surface area contributed by atoms with Crippen LogP contribution in [0.1, 0.15) is 23.5 Å². The molecule has 9 nitrogen and oxygen atoms in total. The highest BCUT2D eigenvalue weighted by Gasteiger charge is 2.29. The number of amides is 3. The van der Waals surface area contributed by atoms with Gasteiger partial charge in [-0.25, -0.2) is 14.6 Å². The van der Waals surface area contributed by atoms with Crippen LogP contribution in [0.5, 0.6) is 11.5 Å². The van der Waals surface area contributed by atoms with E-state index in [9.17, 15) is 9.59 Å². The molecule has 9 heteroatoms. The van der Waals surface area contributed by atoms with Gasteiger partial charge in [-0.3, -0.25) is 5.32 Å². The number of fused-ring (bicyclic) bond motifs is 4. The van der Waals surface area contributed by atoms with Gasteiger partial charge in [0, 0.05) is 36.8 Å². The number of aromatic nitrogens is 2. The number of hydrogen-bond donors (Lipinski definition) is 3. The molecule has 0 unspecified atom stereocenters. The number of rotatable bonds is 7. The average Bonchev–Trinajstić information content (AvgIpc) is 3.74. The van der Waals surface area contributed by atoms with Crippen molar-refractivity contribution in [1.29, 1.82) is 0 Å². The molecule has 3 N–H and O–H groups in total. The number of ether oxygens (including phenoxy) is 2. The molecule has 4 aromatic carbocycles. The van der Waals surface area contributed by atoms with Crippen LogP contribution in [0.25, 0.3) is 22.2 Å². The summed E-state index contributed by atoms with van der Waals surface area (Å²) in [6.07, 6.45) is 5.91. The zero-order chi connectivity index (χ0) is 30.0. The van der Waals surface area contributed by atoms with Crippen molar-refractivity contribution in [2.24, 2.45) is 7.05 Å². The maximum Gasteiger partial charge on any atom is 0.414 e. The lowest BCUT2D eigenvalue weighted by atomic mass is 9.98. The van der Waals surface area contributed by atoms with E-state index < -0.39 is 6.09 Å². The number of anilines is 2. The van der Waals surface area contributed by atoms with Crippen molar-refractivity contribution in [1.82, 2.24) is 14.9 Å². The Morgan fingerprint density at radius 1 is 0.864 bits per heavy atom. The molecule has 2 aliphatic rings. The van der Waals surface area contributed by atoms with Crippen molar-refractivity contribution in [3.63, 3.8) is 0 Å². The second-order valence-corrected chi connectivity index (χ2v) is 10.6. The number of allylic oxidation sites excluding steroid dienone is 3. The number of nitrogens with zero attached hydrogens (tertiary/aromatic N) is 2. The Balaban J connectivity index is 0.982. The Kier molecular flexibility index (Phi) is 7.03. The predicted octanol–water partition coefficient (Wildman–Crippen LogP) is 7.69. The lowest BCUT2D eigenvalue weighted by molar-refractivity contribution is 0.158. The molecular weight excluding hydrogens is 554 g/mol. The molecule has 218 valence electrons. The molecule has 2 aliphatic carbocycles. The van der Waals surface area contributed by atoms with E-state index >= 15 is 0 Å². The van der Waals surface area contributed by atoms with Gasteiger partial charge in [-0.05, 0) is 64.7 Å². The molecule has 0 saturated carbocycles. The molecule has 0 aliphatic heterocycles. The Labute approximate surface area is 253 Å². The Hall–Kier alpha value is -5.83. The molecule has 0 bridgehead atoms. The summed E-state index contributed by atoms with van der Waals surface area (Å²) in [5.41, 5.74) is 7.64. The van der Waals surface area contributed by atoms with Gasteiger partial charge in [0.15, 0.2) is 0 Å². The quantitative estimate of drug-likeness (QED) is 0.182. The highest BCUT2D eigenvalue weighted by molar-refractivity contribution is 5.91. The first-order chi connectivity index (χ1) is 21.5. The van der Waals surface area contributed by atoms with Crippen LogP contribution in [-0.4, -0.2) is 28.3 Å². The number of aryl methyl sites for hydroxylation is 1. The maximum absolute atomic E-state index is 12.9.